The van der Waals surface area contributed by atoms with E-state index in [4.69, 9.17) is 4.74 Å². The first kappa shape index (κ1) is 15.1. The third-order valence-corrected chi connectivity index (χ3v) is 3.40. The highest BCUT2D eigenvalue weighted by Gasteiger charge is 2.18. The van der Waals surface area contributed by atoms with E-state index in [1.165, 1.54) is 0 Å². The van der Waals surface area contributed by atoms with E-state index in [0.717, 1.165) is 16.7 Å². The van der Waals surface area contributed by atoms with Gasteiger partial charge in [0.2, 0.25) is 0 Å². The lowest BCUT2D eigenvalue weighted by Crippen LogP contribution is -1.91. The van der Waals surface area contributed by atoms with E-state index in [0.29, 0.717) is 23.8 Å². The molecule has 0 fully saturated rings. The number of hydrogen-bond donors (Lipinski definition) is 1. The summed E-state index contributed by atoms with van der Waals surface area (Å²) in [6.07, 6.45) is 0. The lowest BCUT2D eigenvalue weighted by atomic mass is 10.0. The van der Waals surface area contributed by atoms with Gasteiger partial charge in [-0.2, -0.15) is 0 Å². The normalized spacial score (nSPS) is 12.5. The summed E-state index contributed by atoms with van der Waals surface area (Å²) in [7, 11) is 0. The van der Waals surface area contributed by atoms with Gasteiger partial charge in [-0.3, -0.25) is 0 Å². The second kappa shape index (κ2) is 6.44. The average Bonchev–Trinajstić information content (AvgIpc) is 2.81. The van der Waals surface area contributed by atoms with Crippen molar-refractivity contribution in [2.75, 3.05) is 0 Å². The number of esters is 1. The molecule has 0 spiro atoms. The van der Waals surface area contributed by atoms with Gasteiger partial charge >= 0.3 is 5.97 Å². The van der Waals surface area contributed by atoms with Gasteiger partial charge in [0.25, 0.3) is 0 Å². The van der Waals surface area contributed by atoms with Crippen molar-refractivity contribution in [3.05, 3.63) is 64.7 Å². The van der Waals surface area contributed by atoms with Crippen LogP contribution in [-0.4, -0.2) is 11.1 Å². The van der Waals surface area contributed by atoms with Crippen LogP contribution in [0.5, 0.6) is 5.75 Å². The Morgan fingerprint density at radius 2 is 1.86 bits per heavy atom. The number of rotatable bonds is 1. The van der Waals surface area contributed by atoms with Gasteiger partial charge in [0.1, 0.15) is 12.4 Å². The molecule has 110 valence electrons. The van der Waals surface area contributed by atoms with Gasteiger partial charge < -0.3 is 9.84 Å². The van der Waals surface area contributed by atoms with E-state index in [1.807, 2.05) is 37.3 Å². The number of carbonyl (C=O) groups excluding carboxylic acids is 1. The molecule has 1 N–H and O–H groups in total. The van der Waals surface area contributed by atoms with Crippen LogP contribution in [0.3, 0.4) is 0 Å². The summed E-state index contributed by atoms with van der Waals surface area (Å²) in [4.78, 5) is 10.8. The molecule has 0 radical (unpaired) electrons. The molecule has 21 heavy (non-hydrogen) atoms. The SMILES string of the molecule is Cc1ccc(C(C)C)c(O)c1.O=C1OCc2ccccc21. The Balaban J connectivity index is 0.000000154. The molecule has 2 aromatic rings. The van der Waals surface area contributed by atoms with Crippen molar-refractivity contribution in [2.24, 2.45) is 0 Å². The fraction of sp³-hybridized carbons (Fsp3) is 0.278. The molecular weight excluding hydrogens is 264 g/mol. The van der Waals surface area contributed by atoms with Gasteiger partial charge in [-0.25, -0.2) is 4.79 Å². The Morgan fingerprint density at radius 3 is 2.48 bits per heavy atom. The summed E-state index contributed by atoms with van der Waals surface area (Å²) in [6, 6.07) is 13.2. The van der Waals surface area contributed by atoms with Gasteiger partial charge in [0.15, 0.2) is 0 Å². The van der Waals surface area contributed by atoms with Gasteiger partial charge in [-0.15, -0.1) is 0 Å². The minimum atomic E-state index is -0.199. The maximum atomic E-state index is 10.8. The molecule has 1 heterocycles. The Bertz CT molecular complexity index is 645. The molecule has 0 amide bonds. The molecule has 0 unspecified atom stereocenters. The monoisotopic (exact) mass is 284 g/mol. The molecule has 0 bridgehead atoms. The van der Waals surface area contributed by atoms with Gasteiger partial charge in [0, 0.05) is 5.56 Å². The Hall–Kier alpha value is -2.29. The molecule has 0 saturated carbocycles. The number of phenolic OH excluding ortho intramolecular Hbond substituents is 1. The summed E-state index contributed by atoms with van der Waals surface area (Å²) in [6.45, 7) is 6.56. The van der Waals surface area contributed by atoms with Crippen LogP contribution in [0.1, 0.15) is 46.8 Å². The molecule has 1 aliphatic heterocycles. The number of fused-ring (bicyclic) bond motifs is 1. The number of cyclic esters (lactones) is 1. The van der Waals surface area contributed by atoms with E-state index in [-0.39, 0.29) is 5.97 Å². The Kier molecular flexibility index (Phi) is 4.63. The summed E-state index contributed by atoms with van der Waals surface area (Å²) < 4.78 is 4.78. The van der Waals surface area contributed by atoms with Crippen molar-refractivity contribution in [1.29, 1.82) is 0 Å². The maximum absolute atomic E-state index is 10.8. The number of aromatic hydroxyl groups is 1. The van der Waals surface area contributed by atoms with E-state index < -0.39 is 0 Å². The molecule has 0 atom stereocenters. The van der Waals surface area contributed by atoms with E-state index in [9.17, 15) is 9.90 Å². The van der Waals surface area contributed by atoms with Crippen molar-refractivity contribution >= 4 is 5.97 Å². The van der Waals surface area contributed by atoms with E-state index >= 15 is 0 Å². The highest BCUT2D eigenvalue weighted by molar-refractivity contribution is 5.93. The highest BCUT2D eigenvalue weighted by atomic mass is 16.5. The first-order chi connectivity index (χ1) is 9.99. The number of phenols is 1. The summed E-state index contributed by atoms with van der Waals surface area (Å²) in [5.41, 5.74) is 3.83. The number of benzene rings is 2. The van der Waals surface area contributed by atoms with Crippen molar-refractivity contribution < 1.29 is 14.6 Å². The van der Waals surface area contributed by atoms with Gasteiger partial charge in [-0.05, 0) is 36.1 Å². The third kappa shape index (κ3) is 3.63. The maximum Gasteiger partial charge on any atom is 0.338 e. The van der Waals surface area contributed by atoms with Crippen LogP contribution < -0.4 is 0 Å². The molecule has 3 rings (SSSR count). The second-order valence-corrected chi connectivity index (χ2v) is 5.45. The predicted octanol–water partition coefficient (Wildman–Crippen LogP) is 4.18. The van der Waals surface area contributed by atoms with Crippen LogP contribution in [0, 0.1) is 6.92 Å². The van der Waals surface area contributed by atoms with Crippen molar-refractivity contribution in [1.82, 2.24) is 0 Å². The number of hydrogen-bond acceptors (Lipinski definition) is 3. The zero-order chi connectivity index (χ0) is 15.4. The van der Waals surface area contributed by atoms with Crippen LogP contribution in [0.15, 0.2) is 42.5 Å². The lowest BCUT2D eigenvalue weighted by molar-refractivity contribution is 0.0535. The van der Waals surface area contributed by atoms with Crippen molar-refractivity contribution in [3.63, 3.8) is 0 Å². The van der Waals surface area contributed by atoms with E-state index in [1.54, 1.807) is 12.1 Å². The number of aryl methyl sites for hydroxylation is 1. The van der Waals surface area contributed by atoms with Crippen LogP contribution in [0.4, 0.5) is 0 Å². The van der Waals surface area contributed by atoms with Gasteiger partial charge in [0.05, 0.1) is 5.56 Å². The summed E-state index contributed by atoms with van der Waals surface area (Å²) in [5.74, 6) is 0.617. The summed E-state index contributed by atoms with van der Waals surface area (Å²) >= 11 is 0. The minimum absolute atomic E-state index is 0.199. The molecule has 1 aliphatic rings. The van der Waals surface area contributed by atoms with Crippen LogP contribution >= 0.6 is 0 Å². The second-order valence-electron chi connectivity index (χ2n) is 5.45. The van der Waals surface area contributed by atoms with E-state index in [2.05, 4.69) is 13.8 Å². The van der Waals surface area contributed by atoms with Crippen LogP contribution in [0.2, 0.25) is 0 Å². The predicted molar refractivity (Wildman–Crippen MR) is 82.5 cm³/mol. The smallest absolute Gasteiger partial charge is 0.338 e. The van der Waals surface area contributed by atoms with Crippen LogP contribution in [0.25, 0.3) is 0 Å². The summed E-state index contributed by atoms with van der Waals surface area (Å²) in [5, 5.41) is 9.46. The fourth-order valence-corrected chi connectivity index (χ4v) is 2.21. The molecule has 3 nitrogen and oxygen atoms in total. The molecular formula is C18H20O3. The molecule has 0 aromatic heterocycles. The Morgan fingerprint density at radius 1 is 1.14 bits per heavy atom. The van der Waals surface area contributed by atoms with Crippen LogP contribution in [-0.2, 0) is 11.3 Å². The minimum Gasteiger partial charge on any atom is -0.508 e. The van der Waals surface area contributed by atoms with Crippen molar-refractivity contribution in [2.45, 2.75) is 33.3 Å². The lowest BCUT2D eigenvalue weighted by Gasteiger charge is -2.07. The van der Waals surface area contributed by atoms with Crippen molar-refractivity contribution in [3.8, 4) is 5.75 Å². The standard InChI is InChI=1S/C10H14O.C8H6O2/c1-7(2)9-5-4-8(3)6-10(9)11;9-8-7-4-2-1-3-6(7)5-10-8/h4-7,11H,1-3H3;1-4H,5H2. The molecule has 0 saturated heterocycles. The zero-order valence-corrected chi connectivity index (χ0v) is 12.6. The fourth-order valence-electron chi connectivity index (χ4n) is 2.21. The largest absolute Gasteiger partial charge is 0.508 e. The highest BCUT2D eigenvalue weighted by Crippen LogP contribution is 2.25. The molecule has 0 aliphatic carbocycles. The first-order valence-electron chi connectivity index (χ1n) is 7.03. The first-order valence-corrected chi connectivity index (χ1v) is 7.03. The Labute approximate surface area is 125 Å². The number of carbonyl (C=O) groups is 1. The average molecular weight is 284 g/mol. The van der Waals surface area contributed by atoms with Gasteiger partial charge in [-0.1, -0.05) is 44.2 Å². The zero-order valence-electron chi connectivity index (χ0n) is 12.6. The molecule has 2 aromatic carbocycles. The topological polar surface area (TPSA) is 46.5 Å². The quantitative estimate of drug-likeness (QED) is 0.799. The molecule has 3 heteroatoms. The third-order valence-electron chi connectivity index (χ3n) is 3.40. The number of ether oxygens (including phenoxy) is 1.